The molecule has 0 aliphatic rings. The monoisotopic (exact) mass is 493 g/mol. The standard InChI is InChI=1S/C25H25N7.C4H6O/c1-16-12-13-30-32(16)14-17-4-6-18(7-5-17)21-22-24(26)28-15-29-25(22)31(3)23(21)19-8-10-20(27-2)11-9-19;1-4(2)3-5/h4-13,15,27H,14H2,1-3H3,(H2,26,28,29);3H,1H2,2H3. The van der Waals surface area contributed by atoms with Crippen molar-refractivity contribution in [3.8, 4) is 22.4 Å². The number of nitrogen functional groups attached to an aromatic ring is 1. The maximum absolute atomic E-state index is 9.41. The summed E-state index contributed by atoms with van der Waals surface area (Å²) in [5, 5.41) is 8.44. The number of carbonyl (C=O) groups excluding carboxylic acids is 1. The fraction of sp³-hybridized carbons (Fsp3) is 0.172. The van der Waals surface area contributed by atoms with E-state index in [1.165, 1.54) is 11.9 Å². The van der Waals surface area contributed by atoms with E-state index >= 15 is 0 Å². The third-order valence-corrected chi connectivity index (χ3v) is 6.15. The van der Waals surface area contributed by atoms with Crippen molar-refractivity contribution in [3.05, 3.63) is 90.5 Å². The molecule has 0 unspecified atom stereocenters. The number of anilines is 2. The number of fused-ring (bicyclic) bond motifs is 1. The van der Waals surface area contributed by atoms with Crippen molar-refractivity contribution in [3.63, 3.8) is 0 Å². The molecule has 0 atom stereocenters. The normalized spacial score (nSPS) is 10.6. The number of aldehydes is 1. The quantitative estimate of drug-likeness (QED) is 0.248. The Kier molecular flexibility index (Phi) is 7.48. The Morgan fingerprint density at radius 1 is 1.05 bits per heavy atom. The van der Waals surface area contributed by atoms with E-state index in [9.17, 15) is 4.79 Å². The molecule has 3 aromatic heterocycles. The molecule has 188 valence electrons. The maximum Gasteiger partial charge on any atom is 0.146 e. The number of nitrogens with one attached hydrogen (secondary N) is 1. The minimum atomic E-state index is 0.481. The molecule has 5 aromatic rings. The predicted octanol–water partition coefficient (Wildman–Crippen LogP) is 5.24. The molecule has 0 amide bonds. The molecule has 37 heavy (non-hydrogen) atoms. The zero-order valence-corrected chi connectivity index (χ0v) is 21.6. The van der Waals surface area contributed by atoms with Gasteiger partial charge in [0.2, 0.25) is 0 Å². The molecule has 3 heterocycles. The van der Waals surface area contributed by atoms with Gasteiger partial charge in [-0.3, -0.25) is 9.48 Å². The number of allylic oxidation sites excluding steroid dienone is 1. The average Bonchev–Trinajstić information content (AvgIpc) is 3.45. The van der Waals surface area contributed by atoms with Gasteiger partial charge >= 0.3 is 0 Å². The van der Waals surface area contributed by atoms with Crippen LogP contribution < -0.4 is 11.1 Å². The summed E-state index contributed by atoms with van der Waals surface area (Å²) in [6, 6.07) is 18.9. The Morgan fingerprint density at radius 3 is 2.27 bits per heavy atom. The van der Waals surface area contributed by atoms with Crippen LogP contribution >= 0.6 is 0 Å². The van der Waals surface area contributed by atoms with Crippen LogP contribution in [0, 0.1) is 6.92 Å². The third kappa shape index (κ3) is 5.28. The first-order chi connectivity index (χ1) is 17.8. The number of benzene rings is 2. The average molecular weight is 494 g/mol. The van der Waals surface area contributed by atoms with Gasteiger partial charge in [0.25, 0.3) is 0 Å². The third-order valence-electron chi connectivity index (χ3n) is 6.15. The number of rotatable bonds is 6. The molecule has 0 saturated carbocycles. The van der Waals surface area contributed by atoms with Crippen LogP contribution in [-0.4, -0.2) is 37.6 Å². The Morgan fingerprint density at radius 2 is 1.70 bits per heavy atom. The van der Waals surface area contributed by atoms with Crippen LogP contribution in [-0.2, 0) is 18.4 Å². The van der Waals surface area contributed by atoms with Crippen LogP contribution in [0.4, 0.5) is 11.5 Å². The first kappa shape index (κ1) is 25.4. The molecule has 0 spiro atoms. The lowest BCUT2D eigenvalue weighted by Crippen LogP contribution is -2.03. The second kappa shape index (κ2) is 10.9. The van der Waals surface area contributed by atoms with Crippen LogP contribution in [0.3, 0.4) is 0 Å². The molecule has 3 N–H and O–H groups in total. The lowest BCUT2D eigenvalue weighted by molar-refractivity contribution is -0.104. The molecule has 0 fully saturated rings. The highest BCUT2D eigenvalue weighted by atomic mass is 16.1. The van der Waals surface area contributed by atoms with Gasteiger partial charge in [0.15, 0.2) is 0 Å². The van der Waals surface area contributed by atoms with Crippen LogP contribution in [0.1, 0.15) is 18.2 Å². The number of nitrogens with two attached hydrogens (primary N) is 1. The largest absolute Gasteiger partial charge is 0.388 e. The molecule has 0 radical (unpaired) electrons. The Bertz CT molecular complexity index is 1540. The van der Waals surface area contributed by atoms with Gasteiger partial charge in [-0.05, 0) is 54.3 Å². The lowest BCUT2D eigenvalue weighted by atomic mass is 9.97. The van der Waals surface area contributed by atoms with E-state index in [1.54, 1.807) is 6.92 Å². The van der Waals surface area contributed by atoms with Crippen molar-refractivity contribution in [2.45, 2.75) is 20.4 Å². The van der Waals surface area contributed by atoms with E-state index in [2.05, 4.69) is 87.0 Å². The molecular weight excluding hydrogens is 462 g/mol. The second-order valence-corrected chi connectivity index (χ2v) is 8.86. The van der Waals surface area contributed by atoms with Crippen molar-refractivity contribution in [1.29, 1.82) is 0 Å². The van der Waals surface area contributed by atoms with E-state index in [4.69, 9.17) is 5.73 Å². The molecule has 8 heteroatoms. The summed E-state index contributed by atoms with van der Waals surface area (Å²) < 4.78 is 4.09. The van der Waals surface area contributed by atoms with Gasteiger partial charge in [0.1, 0.15) is 24.1 Å². The van der Waals surface area contributed by atoms with Crippen LogP contribution in [0.2, 0.25) is 0 Å². The van der Waals surface area contributed by atoms with Crippen molar-refractivity contribution >= 4 is 28.8 Å². The van der Waals surface area contributed by atoms with Gasteiger partial charge < -0.3 is 15.6 Å². The number of aryl methyl sites for hydroxylation is 2. The highest BCUT2D eigenvalue weighted by Crippen LogP contribution is 2.41. The molecule has 5 rings (SSSR count). The van der Waals surface area contributed by atoms with Gasteiger partial charge in [-0.1, -0.05) is 43.0 Å². The molecule has 0 saturated heterocycles. The number of carbonyl (C=O) groups is 1. The Labute approximate surface area is 216 Å². The van der Waals surface area contributed by atoms with E-state index < -0.39 is 0 Å². The van der Waals surface area contributed by atoms with Gasteiger partial charge in [-0.2, -0.15) is 5.10 Å². The predicted molar refractivity (Wildman–Crippen MR) is 150 cm³/mol. The maximum atomic E-state index is 9.41. The first-order valence-corrected chi connectivity index (χ1v) is 11.9. The van der Waals surface area contributed by atoms with Gasteiger partial charge in [-0.25, -0.2) is 9.97 Å². The minimum absolute atomic E-state index is 0.481. The van der Waals surface area contributed by atoms with Crippen LogP contribution in [0.15, 0.2) is 79.3 Å². The topological polar surface area (TPSA) is 104 Å². The fourth-order valence-corrected chi connectivity index (χ4v) is 4.20. The summed E-state index contributed by atoms with van der Waals surface area (Å²) in [7, 11) is 3.94. The first-order valence-electron chi connectivity index (χ1n) is 11.9. The van der Waals surface area contributed by atoms with Gasteiger partial charge in [0, 0.05) is 37.2 Å². The summed E-state index contributed by atoms with van der Waals surface area (Å²) in [5.74, 6) is 0.481. The minimum Gasteiger partial charge on any atom is -0.388 e. The molecule has 0 aliphatic carbocycles. The van der Waals surface area contributed by atoms with E-state index in [0.29, 0.717) is 11.4 Å². The van der Waals surface area contributed by atoms with Crippen LogP contribution in [0.25, 0.3) is 33.4 Å². The Balaban J connectivity index is 0.000000586. The van der Waals surface area contributed by atoms with E-state index in [-0.39, 0.29) is 0 Å². The van der Waals surface area contributed by atoms with Crippen LogP contribution in [0.5, 0.6) is 0 Å². The van der Waals surface area contributed by atoms with E-state index in [1.807, 2.05) is 31.0 Å². The lowest BCUT2D eigenvalue weighted by Gasteiger charge is -2.11. The fourth-order valence-electron chi connectivity index (χ4n) is 4.20. The zero-order valence-electron chi connectivity index (χ0n) is 21.6. The summed E-state index contributed by atoms with van der Waals surface area (Å²) in [5.41, 5.74) is 15.4. The summed E-state index contributed by atoms with van der Waals surface area (Å²) in [6.45, 7) is 7.76. The highest BCUT2D eigenvalue weighted by Gasteiger charge is 2.21. The molecule has 2 aromatic carbocycles. The van der Waals surface area contributed by atoms with Crippen molar-refractivity contribution in [1.82, 2.24) is 24.3 Å². The zero-order chi connectivity index (χ0) is 26.5. The van der Waals surface area contributed by atoms with E-state index in [0.717, 1.165) is 57.6 Å². The van der Waals surface area contributed by atoms with Gasteiger partial charge in [-0.15, -0.1) is 0 Å². The molecular formula is C29H31N7O. The molecule has 0 aliphatic heterocycles. The number of hydrogen-bond acceptors (Lipinski definition) is 6. The number of nitrogens with zero attached hydrogens (tertiary/aromatic N) is 5. The summed E-state index contributed by atoms with van der Waals surface area (Å²) in [6.07, 6.45) is 4.07. The van der Waals surface area contributed by atoms with Crippen molar-refractivity contribution in [2.24, 2.45) is 7.05 Å². The summed E-state index contributed by atoms with van der Waals surface area (Å²) >= 11 is 0. The SMILES string of the molecule is C=C(C)C=O.CNc1ccc(-c2c(-c3ccc(Cn4nccc4C)cc3)c3c(N)ncnc3n2C)cc1. The second-order valence-electron chi connectivity index (χ2n) is 8.86. The number of hydrogen-bond donors (Lipinski definition) is 2. The number of aromatic nitrogens is 5. The van der Waals surface area contributed by atoms with Crippen molar-refractivity contribution in [2.75, 3.05) is 18.1 Å². The highest BCUT2D eigenvalue weighted by molar-refractivity contribution is 6.07. The van der Waals surface area contributed by atoms with Gasteiger partial charge in [0.05, 0.1) is 17.6 Å². The molecule has 8 nitrogen and oxygen atoms in total. The smallest absolute Gasteiger partial charge is 0.146 e. The van der Waals surface area contributed by atoms with Crippen molar-refractivity contribution < 1.29 is 4.79 Å². The Hall–Kier alpha value is -4.72. The molecule has 0 bridgehead atoms. The summed E-state index contributed by atoms with van der Waals surface area (Å²) in [4.78, 5) is 18.2.